The van der Waals surface area contributed by atoms with Crippen LogP contribution in [0.15, 0.2) is 0 Å². The largest absolute Gasteiger partial charge is 0.481 e. The first kappa shape index (κ1) is 15.5. The molecule has 0 aromatic rings. The number of rotatable bonds is 8. The van der Waals surface area contributed by atoms with Crippen molar-refractivity contribution in [2.45, 2.75) is 66.7 Å². The van der Waals surface area contributed by atoms with Crippen LogP contribution in [0.1, 0.15) is 66.7 Å². The third kappa shape index (κ3) is 5.53. The molecule has 2 atom stereocenters. The van der Waals surface area contributed by atoms with Crippen molar-refractivity contribution in [3.63, 3.8) is 0 Å². The van der Waals surface area contributed by atoms with Gasteiger partial charge in [0.1, 0.15) is 0 Å². The van der Waals surface area contributed by atoms with Crippen molar-refractivity contribution in [3.05, 3.63) is 0 Å². The second-order valence-electron chi connectivity index (χ2n) is 5.80. The fourth-order valence-corrected chi connectivity index (χ4v) is 2.26. The van der Waals surface area contributed by atoms with E-state index in [0.717, 1.165) is 19.3 Å². The molecule has 0 radical (unpaired) electrons. The second-order valence-corrected chi connectivity index (χ2v) is 5.80. The highest BCUT2D eigenvalue weighted by molar-refractivity contribution is 5.73. The maximum atomic E-state index is 11.1. The Bertz CT molecular complexity index is 209. The van der Waals surface area contributed by atoms with Crippen molar-refractivity contribution < 1.29 is 9.90 Å². The molecule has 96 valence electrons. The topological polar surface area (TPSA) is 37.3 Å². The van der Waals surface area contributed by atoms with Crippen molar-refractivity contribution in [1.82, 2.24) is 0 Å². The highest BCUT2D eigenvalue weighted by Gasteiger charge is 2.30. The molecule has 0 aromatic heterocycles. The smallest absolute Gasteiger partial charge is 0.309 e. The van der Waals surface area contributed by atoms with E-state index in [1.807, 2.05) is 13.8 Å². The van der Waals surface area contributed by atoms with Gasteiger partial charge in [0.25, 0.3) is 0 Å². The van der Waals surface area contributed by atoms with E-state index < -0.39 is 11.4 Å². The first-order valence-electron chi connectivity index (χ1n) is 6.56. The van der Waals surface area contributed by atoms with E-state index in [9.17, 15) is 4.79 Å². The zero-order valence-corrected chi connectivity index (χ0v) is 11.5. The normalized spacial score (nSPS) is 15.8. The minimum atomic E-state index is -0.669. The summed E-state index contributed by atoms with van der Waals surface area (Å²) < 4.78 is 0. The molecule has 2 unspecified atom stereocenters. The number of hydrogen-bond donors (Lipinski definition) is 1. The first-order valence-corrected chi connectivity index (χ1v) is 6.56. The first-order chi connectivity index (χ1) is 7.33. The molecule has 0 spiro atoms. The van der Waals surface area contributed by atoms with Crippen molar-refractivity contribution >= 4 is 5.97 Å². The monoisotopic (exact) mass is 228 g/mol. The van der Waals surface area contributed by atoms with Gasteiger partial charge in [-0.05, 0) is 38.5 Å². The van der Waals surface area contributed by atoms with Gasteiger partial charge in [0.15, 0.2) is 0 Å². The van der Waals surface area contributed by atoms with Crippen LogP contribution in [0.5, 0.6) is 0 Å². The predicted molar refractivity (Wildman–Crippen MR) is 68.5 cm³/mol. The molecule has 1 N–H and O–H groups in total. The van der Waals surface area contributed by atoms with E-state index in [4.69, 9.17) is 5.11 Å². The lowest BCUT2D eigenvalue weighted by Crippen LogP contribution is -2.27. The molecule has 0 aliphatic rings. The summed E-state index contributed by atoms with van der Waals surface area (Å²) in [6.45, 7) is 10.3. The molecule has 0 heterocycles. The van der Waals surface area contributed by atoms with Crippen LogP contribution in [-0.2, 0) is 4.79 Å². The fourth-order valence-electron chi connectivity index (χ4n) is 2.26. The van der Waals surface area contributed by atoms with Crippen LogP contribution in [0.2, 0.25) is 0 Å². The summed E-state index contributed by atoms with van der Waals surface area (Å²) in [6.07, 6.45) is 5.47. The molecular weight excluding hydrogens is 200 g/mol. The Morgan fingerprint density at radius 1 is 1.31 bits per heavy atom. The van der Waals surface area contributed by atoms with Gasteiger partial charge in [0.2, 0.25) is 0 Å². The van der Waals surface area contributed by atoms with Gasteiger partial charge in [-0.25, -0.2) is 0 Å². The third-order valence-corrected chi connectivity index (χ3v) is 3.51. The van der Waals surface area contributed by atoms with E-state index in [2.05, 4.69) is 20.8 Å². The van der Waals surface area contributed by atoms with Crippen LogP contribution < -0.4 is 0 Å². The van der Waals surface area contributed by atoms with Gasteiger partial charge in [-0.15, -0.1) is 0 Å². The van der Waals surface area contributed by atoms with Crippen LogP contribution in [0.4, 0.5) is 0 Å². The number of hydrogen-bond acceptors (Lipinski definition) is 1. The Kier molecular flexibility index (Phi) is 6.70. The van der Waals surface area contributed by atoms with E-state index in [1.54, 1.807) is 0 Å². The third-order valence-electron chi connectivity index (χ3n) is 3.51. The number of aliphatic carboxylic acids is 1. The van der Waals surface area contributed by atoms with Crippen molar-refractivity contribution in [1.29, 1.82) is 0 Å². The van der Waals surface area contributed by atoms with Gasteiger partial charge in [-0.3, -0.25) is 4.79 Å². The number of carboxylic acid groups (broad SMARTS) is 1. The molecule has 0 aliphatic heterocycles. The molecule has 0 aromatic carbocycles. The number of carbonyl (C=O) groups is 1. The lowest BCUT2D eigenvalue weighted by atomic mass is 9.77. The van der Waals surface area contributed by atoms with Gasteiger partial charge in [0.05, 0.1) is 5.41 Å². The Hall–Kier alpha value is -0.530. The summed E-state index contributed by atoms with van der Waals surface area (Å²) >= 11 is 0. The van der Waals surface area contributed by atoms with Gasteiger partial charge < -0.3 is 5.11 Å². The molecular formula is C14H28O2. The molecule has 0 saturated carbocycles. The van der Waals surface area contributed by atoms with Crippen LogP contribution in [0, 0.1) is 17.3 Å². The summed E-state index contributed by atoms with van der Waals surface area (Å²) in [6, 6.07) is 0. The Morgan fingerprint density at radius 3 is 2.25 bits per heavy atom. The number of carboxylic acids is 1. The van der Waals surface area contributed by atoms with Crippen LogP contribution in [0.25, 0.3) is 0 Å². The fraction of sp³-hybridized carbons (Fsp3) is 0.929. The summed E-state index contributed by atoms with van der Waals surface area (Å²) in [5, 5.41) is 9.15. The van der Waals surface area contributed by atoms with Gasteiger partial charge >= 0.3 is 5.97 Å². The standard InChI is InChI=1S/C14H28O2/c1-6-8-12(9-11(3)7-2)10-14(4,5)13(15)16/h11-12H,6-10H2,1-5H3,(H,15,16). The SMILES string of the molecule is CCCC(CC(C)CC)CC(C)(C)C(=O)O. The van der Waals surface area contributed by atoms with E-state index >= 15 is 0 Å². The van der Waals surface area contributed by atoms with Crippen LogP contribution in [0.3, 0.4) is 0 Å². The molecule has 0 saturated heterocycles. The average Bonchev–Trinajstić information content (AvgIpc) is 2.17. The molecule has 0 bridgehead atoms. The maximum Gasteiger partial charge on any atom is 0.309 e. The highest BCUT2D eigenvalue weighted by Crippen LogP contribution is 2.32. The van der Waals surface area contributed by atoms with E-state index in [1.165, 1.54) is 12.8 Å². The lowest BCUT2D eigenvalue weighted by molar-refractivity contribution is -0.148. The molecule has 0 rings (SSSR count). The zero-order chi connectivity index (χ0) is 12.8. The van der Waals surface area contributed by atoms with E-state index in [-0.39, 0.29) is 0 Å². The molecule has 16 heavy (non-hydrogen) atoms. The molecule has 2 heteroatoms. The summed E-state index contributed by atoms with van der Waals surface area (Å²) in [7, 11) is 0. The minimum Gasteiger partial charge on any atom is -0.481 e. The second kappa shape index (κ2) is 6.93. The quantitative estimate of drug-likeness (QED) is 0.671. The molecule has 0 fully saturated rings. The summed E-state index contributed by atoms with van der Waals surface area (Å²) in [4.78, 5) is 11.1. The molecule has 0 aliphatic carbocycles. The summed E-state index contributed by atoms with van der Waals surface area (Å²) in [5.41, 5.74) is -0.576. The van der Waals surface area contributed by atoms with Crippen molar-refractivity contribution in [2.24, 2.45) is 17.3 Å². The highest BCUT2D eigenvalue weighted by atomic mass is 16.4. The van der Waals surface area contributed by atoms with E-state index in [0.29, 0.717) is 11.8 Å². The predicted octanol–water partition coefficient (Wildman–Crippen LogP) is 4.34. The minimum absolute atomic E-state index is 0.561. The van der Waals surface area contributed by atoms with Crippen molar-refractivity contribution in [3.8, 4) is 0 Å². The van der Waals surface area contributed by atoms with Gasteiger partial charge in [-0.1, -0.05) is 40.0 Å². The van der Waals surface area contributed by atoms with Crippen molar-refractivity contribution in [2.75, 3.05) is 0 Å². The molecule has 2 nitrogen and oxygen atoms in total. The van der Waals surface area contributed by atoms with Crippen LogP contribution in [-0.4, -0.2) is 11.1 Å². The maximum absolute atomic E-state index is 11.1. The average molecular weight is 228 g/mol. The van der Waals surface area contributed by atoms with Gasteiger partial charge in [-0.2, -0.15) is 0 Å². The van der Waals surface area contributed by atoms with Crippen LogP contribution >= 0.6 is 0 Å². The zero-order valence-electron chi connectivity index (χ0n) is 11.5. The summed E-state index contributed by atoms with van der Waals surface area (Å²) in [5.74, 6) is 0.602. The van der Waals surface area contributed by atoms with Gasteiger partial charge in [0, 0.05) is 0 Å². The molecule has 0 amide bonds. The Balaban J connectivity index is 4.37. The Labute approximate surface area is 100 Å². The lowest BCUT2D eigenvalue weighted by Gasteiger charge is -2.27. The Morgan fingerprint density at radius 2 is 1.88 bits per heavy atom.